The number of hydrogen-bond acceptors (Lipinski definition) is 1. The van der Waals surface area contributed by atoms with Crippen LogP contribution in [-0.2, 0) is 4.79 Å². The number of carbonyl (C=O) groups excluding carboxylic acids is 1. The first-order chi connectivity index (χ1) is 7.02. The van der Waals surface area contributed by atoms with Gasteiger partial charge in [0.05, 0.1) is 6.04 Å². The van der Waals surface area contributed by atoms with Crippen molar-refractivity contribution < 1.29 is 4.79 Å². The third kappa shape index (κ3) is 3.24. The van der Waals surface area contributed by atoms with Crippen LogP contribution in [0.25, 0.3) is 0 Å². The van der Waals surface area contributed by atoms with Crippen LogP contribution in [0.1, 0.15) is 32.4 Å². The maximum Gasteiger partial charge on any atom is 0.223 e. The van der Waals surface area contributed by atoms with E-state index in [0.29, 0.717) is 5.02 Å². The normalized spacial score (nSPS) is 12.6. The van der Waals surface area contributed by atoms with Crippen LogP contribution in [0.15, 0.2) is 24.3 Å². The first-order valence-corrected chi connectivity index (χ1v) is 5.45. The minimum atomic E-state index is -0.0476. The van der Waals surface area contributed by atoms with Crippen LogP contribution in [0.3, 0.4) is 0 Å². The molecule has 0 bridgehead atoms. The molecule has 0 aliphatic heterocycles. The van der Waals surface area contributed by atoms with Gasteiger partial charge in [-0.1, -0.05) is 43.6 Å². The Balaban J connectivity index is 2.73. The molecule has 0 saturated heterocycles. The van der Waals surface area contributed by atoms with E-state index in [2.05, 4.69) is 5.32 Å². The van der Waals surface area contributed by atoms with Gasteiger partial charge >= 0.3 is 0 Å². The summed E-state index contributed by atoms with van der Waals surface area (Å²) in [6, 6.07) is 7.50. The van der Waals surface area contributed by atoms with Crippen molar-refractivity contribution in [3.05, 3.63) is 34.9 Å². The maximum atomic E-state index is 11.5. The van der Waals surface area contributed by atoms with Crippen LogP contribution < -0.4 is 5.32 Å². The minimum Gasteiger partial charge on any atom is -0.349 e. The number of hydrogen-bond donors (Lipinski definition) is 1. The largest absolute Gasteiger partial charge is 0.349 e. The van der Waals surface area contributed by atoms with Gasteiger partial charge in [0, 0.05) is 10.9 Å². The summed E-state index contributed by atoms with van der Waals surface area (Å²) in [6.45, 7) is 5.67. The number of halogens is 1. The molecule has 0 saturated carbocycles. The van der Waals surface area contributed by atoms with E-state index in [1.807, 2.05) is 45.0 Å². The molecule has 1 rings (SSSR count). The lowest BCUT2D eigenvalue weighted by molar-refractivity contribution is -0.124. The van der Waals surface area contributed by atoms with Gasteiger partial charge in [0.2, 0.25) is 5.91 Å². The molecule has 3 heteroatoms. The Hall–Kier alpha value is -1.02. The standard InChI is InChI=1S/C12H16ClNO/c1-8(2)12(15)14-9(3)10-6-4-5-7-11(10)13/h4-9H,1-3H3,(H,14,15). The van der Waals surface area contributed by atoms with Gasteiger partial charge < -0.3 is 5.32 Å². The van der Waals surface area contributed by atoms with Crippen LogP contribution in [-0.4, -0.2) is 5.91 Å². The molecule has 0 fully saturated rings. The van der Waals surface area contributed by atoms with Gasteiger partial charge in [0.1, 0.15) is 0 Å². The number of benzene rings is 1. The van der Waals surface area contributed by atoms with Crippen molar-refractivity contribution >= 4 is 17.5 Å². The van der Waals surface area contributed by atoms with Crippen molar-refractivity contribution in [1.29, 1.82) is 0 Å². The topological polar surface area (TPSA) is 29.1 Å². The summed E-state index contributed by atoms with van der Waals surface area (Å²) < 4.78 is 0. The molecule has 1 unspecified atom stereocenters. The SMILES string of the molecule is CC(C)C(=O)NC(C)c1ccccc1Cl. The van der Waals surface area contributed by atoms with Crippen LogP contribution in [0.5, 0.6) is 0 Å². The second kappa shape index (κ2) is 5.17. The third-order valence-electron chi connectivity index (χ3n) is 2.25. The van der Waals surface area contributed by atoms with Crippen LogP contribution in [0.2, 0.25) is 5.02 Å². The quantitative estimate of drug-likeness (QED) is 0.841. The van der Waals surface area contributed by atoms with Gasteiger partial charge in [-0.3, -0.25) is 4.79 Å². The summed E-state index contributed by atoms with van der Waals surface area (Å²) in [4.78, 5) is 11.5. The number of amides is 1. The predicted molar refractivity (Wildman–Crippen MR) is 62.8 cm³/mol. The second-order valence-corrected chi connectivity index (χ2v) is 4.31. The van der Waals surface area contributed by atoms with Gasteiger partial charge in [0.25, 0.3) is 0 Å². The fraction of sp³-hybridized carbons (Fsp3) is 0.417. The Morgan fingerprint density at radius 2 is 1.87 bits per heavy atom. The number of rotatable bonds is 3. The summed E-state index contributed by atoms with van der Waals surface area (Å²) in [5.74, 6) is 0.0392. The Morgan fingerprint density at radius 3 is 2.40 bits per heavy atom. The highest BCUT2D eigenvalue weighted by atomic mass is 35.5. The molecule has 1 atom stereocenters. The first kappa shape index (κ1) is 12.1. The number of nitrogens with one attached hydrogen (secondary N) is 1. The molecular formula is C12H16ClNO. The summed E-state index contributed by atoms with van der Waals surface area (Å²) in [5, 5.41) is 3.60. The van der Waals surface area contributed by atoms with Crippen molar-refractivity contribution in [2.45, 2.75) is 26.8 Å². The van der Waals surface area contributed by atoms with Crippen LogP contribution >= 0.6 is 11.6 Å². The van der Waals surface area contributed by atoms with E-state index < -0.39 is 0 Å². The Labute approximate surface area is 95.6 Å². The molecule has 0 aliphatic rings. The Kier molecular flexibility index (Phi) is 4.15. The van der Waals surface area contributed by atoms with Gasteiger partial charge in [-0.05, 0) is 18.6 Å². The van der Waals surface area contributed by atoms with Crippen molar-refractivity contribution in [2.24, 2.45) is 5.92 Å². The third-order valence-corrected chi connectivity index (χ3v) is 2.60. The molecule has 1 aromatic rings. The lowest BCUT2D eigenvalue weighted by atomic mass is 10.1. The van der Waals surface area contributed by atoms with E-state index >= 15 is 0 Å². The maximum absolute atomic E-state index is 11.5. The molecular weight excluding hydrogens is 210 g/mol. The molecule has 0 aliphatic carbocycles. The van der Waals surface area contributed by atoms with E-state index in [9.17, 15) is 4.79 Å². The molecule has 0 heterocycles. The van der Waals surface area contributed by atoms with Crippen LogP contribution in [0.4, 0.5) is 0 Å². The van der Waals surface area contributed by atoms with E-state index in [4.69, 9.17) is 11.6 Å². The van der Waals surface area contributed by atoms with E-state index in [1.165, 1.54) is 0 Å². The molecule has 15 heavy (non-hydrogen) atoms. The molecule has 0 radical (unpaired) electrons. The lowest BCUT2D eigenvalue weighted by Gasteiger charge is -2.16. The van der Waals surface area contributed by atoms with Crippen LogP contribution in [0, 0.1) is 5.92 Å². The average Bonchev–Trinajstić information content (AvgIpc) is 2.18. The highest BCUT2D eigenvalue weighted by Crippen LogP contribution is 2.22. The zero-order valence-electron chi connectivity index (χ0n) is 9.25. The summed E-state index contributed by atoms with van der Waals surface area (Å²) in [5.41, 5.74) is 0.952. The first-order valence-electron chi connectivity index (χ1n) is 5.07. The Morgan fingerprint density at radius 1 is 1.27 bits per heavy atom. The highest BCUT2D eigenvalue weighted by molar-refractivity contribution is 6.31. The molecule has 1 amide bonds. The summed E-state index contributed by atoms with van der Waals surface area (Å²) in [6.07, 6.45) is 0. The fourth-order valence-corrected chi connectivity index (χ4v) is 1.58. The molecule has 1 aromatic carbocycles. The smallest absolute Gasteiger partial charge is 0.223 e. The lowest BCUT2D eigenvalue weighted by Crippen LogP contribution is -2.30. The Bertz CT molecular complexity index is 349. The number of carbonyl (C=O) groups is 1. The second-order valence-electron chi connectivity index (χ2n) is 3.91. The highest BCUT2D eigenvalue weighted by Gasteiger charge is 2.13. The minimum absolute atomic E-state index is 0.00469. The average molecular weight is 226 g/mol. The van der Waals surface area contributed by atoms with Crippen molar-refractivity contribution in [2.75, 3.05) is 0 Å². The van der Waals surface area contributed by atoms with E-state index in [1.54, 1.807) is 0 Å². The van der Waals surface area contributed by atoms with Gasteiger partial charge in [0.15, 0.2) is 0 Å². The summed E-state index contributed by atoms with van der Waals surface area (Å²) in [7, 11) is 0. The zero-order valence-corrected chi connectivity index (χ0v) is 10.0. The summed E-state index contributed by atoms with van der Waals surface area (Å²) >= 11 is 6.03. The van der Waals surface area contributed by atoms with Crippen molar-refractivity contribution in [3.63, 3.8) is 0 Å². The molecule has 0 spiro atoms. The molecule has 0 aromatic heterocycles. The van der Waals surface area contributed by atoms with Gasteiger partial charge in [-0.25, -0.2) is 0 Å². The monoisotopic (exact) mass is 225 g/mol. The van der Waals surface area contributed by atoms with E-state index in [0.717, 1.165) is 5.56 Å². The van der Waals surface area contributed by atoms with Gasteiger partial charge in [-0.15, -0.1) is 0 Å². The fourth-order valence-electron chi connectivity index (χ4n) is 1.28. The molecule has 2 nitrogen and oxygen atoms in total. The molecule has 82 valence electrons. The van der Waals surface area contributed by atoms with E-state index in [-0.39, 0.29) is 17.9 Å². The molecule has 1 N–H and O–H groups in total. The predicted octanol–water partition coefficient (Wildman–Crippen LogP) is 3.17. The van der Waals surface area contributed by atoms with Crippen molar-refractivity contribution in [3.8, 4) is 0 Å². The van der Waals surface area contributed by atoms with Crippen molar-refractivity contribution in [1.82, 2.24) is 5.32 Å². The van der Waals surface area contributed by atoms with Gasteiger partial charge in [-0.2, -0.15) is 0 Å². The zero-order chi connectivity index (χ0) is 11.4.